The lowest BCUT2D eigenvalue weighted by Crippen LogP contribution is -2.33. The van der Waals surface area contributed by atoms with E-state index < -0.39 is 5.97 Å². The summed E-state index contributed by atoms with van der Waals surface area (Å²) < 4.78 is 6.72. The van der Waals surface area contributed by atoms with Crippen LogP contribution in [0, 0.1) is 0 Å². The molecule has 0 aliphatic heterocycles. The van der Waals surface area contributed by atoms with Gasteiger partial charge in [-0.15, -0.1) is 11.8 Å². The standard InChI is InChI=1S/C20H27N3O4S/c1-4-22(5-2)19(25)13-23-12-17(15-9-7-8-10-16(15)23)28-14-18(24)21-11-20(26)27-6-3/h7-10,12H,4-6,11,13-14H2,1-3H3,(H,21,24). The van der Waals surface area contributed by atoms with Crippen molar-refractivity contribution in [3.05, 3.63) is 30.5 Å². The van der Waals surface area contributed by atoms with Crippen LogP contribution in [0.1, 0.15) is 20.8 Å². The Kier molecular flexibility index (Phi) is 8.38. The molecule has 1 aromatic carbocycles. The minimum absolute atomic E-state index is 0.0643. The van der Waals surface area contributed by atoms with Crippen LogP contribution in [0.3, 0.4) is 0 Å². The van der Waals surface area contributed by atoms with Crippen LogP contribution in [0.15, 0.2) is 35.4 Å². The lowest BCUT2D eigenvalue weighted by atomic mass is 10.2. The van der Waals surface area contributed by atoms with E-state index in [0.717, 1.165) is 15.8 Å². The van der Waals surface area contributed by atoms with E-state index in [9.17, 15) is 14.4 Å². The molecule has 0 fully saturated rings. The second kappa shape index (κ2) is 10.8. The number of nitrogens with one attached hydrogen (secondary N) is 1. The molecular weight excluding hydrogens is 378 g/mol. The van der Waals surface area contributed by atoms with Gasteiger partial charge in [-0.05, 0) is 26.8 Å². The van der Waals surface area contributed by atoms with E-state index >= 15 is 0 Å². The molecule has 152 valence electrons. The van der Waals surface area contributed by atoms with Gasteiger partial charge in [0.05, 0.1) is 12.4 Å². The molecule has 0 bridgehead atoms. The Balaban J connectivity index is 2.06. The van der Waals surface area contributed by atoms with E-state index in [0.29, 0.717) is 13.1 Å². The predicted molar refractivity (Wildman–Crippen MR) is 110 cm³/mol. The number of carbonyl (C=O) groups is 3. The van der Waals surface area contributed by atoms with Gasteiger partial charge in [0.15, 0.2) is 0 Å². The van der Waals surface area contributed by atoms with Crippen LogP contribution in [-0.2, 0) is 25.7 Å². The minimum Gasteiger partial charge on any atom is -0.465 e. The first-order chi connectivity index (χ1) is 13.5. The van der Waals surface area contributed by atoms with Crippen molar-refractivity contribution in [1.29, 1.82) is 0 Å². The van der Waals surface area contributed by atoms with Gasteiger partial charge in [-0.2, -0.15) is 0 Å². The van der Waals surface area contributed by atoms with E-state index in [2.05, 4.69) is 5.32 Å². The molecule has 0 radical (unpaired) electrons. The summed E-state index contributed by atoms with van der Waals surface area (Å²) in [6, 6.07) is 7.81. The normalized spacial score (nSPS) is 10.7. The number of rotatable bonds is 10. The number of amides is 2. The third-order valence-corrected chi connectivity index (χ3v) is 5.31. The Labute approximate surface area is 169 Å². The van der Waals surface area contributed by atoms with Gasteiger partial charge < -0.3 is 19.5 Å². The molecule has 1 heterocycles. The molecule has 0 saturated carbocycles. The first-order valence-electron chi connectivity index (χ1n) is 9.40. The second-order valence-corrected chi connectivity index (χ2v) is 7.09. The highest BCUT2D eigenvalue weighted by Gasteiger charge is 2.15. The molecule has 2 rings (SSSR count). The van der Waals surface area contributed by atoms with Crippen LogP contribution in [-0.4, -0.2) is 59.2 Å². The summed E-state index contributed by atoms with van der Waals surface area (Å²) in [5.41, 5.74) is 0.956. The van der Waals surface area contributed by atoms with Crippen molar-refractivity contribution in [1.82, 2.24) is 14.8 Å². The van der Waals surface area contributed by atoms with Crippen molar-refractivity contribution in [2.24, 2.45) is 0 Å². The van der Waals surface area contributed by atoms with Gasteiger partial charge in [-0.25, -0.2) is 0 Å². The first kappa shape index (κ1) is 21.8. The number of hydrogen-bond donors (Lipinski definition) is 1. The number of ether oxygens (including phenoxy) is 1. The molecule has 0 spiro atoms. The van der Waals surface area contributed by atoms with Gasteiger partial charge in [-0.3, -0.25) is 14.4 Å². The number of aromatic nitrogens is 1. The van der Waals surface area contributed by atoms with E-state index in [1.54, 1.807) is 11.8 Å². The van der Waals surface area contributed by atoms with Crippen LogP contribution in [0.5, 0.6) is 0 Å². The molecule has 7 nitrogen and oxygen atoms in total. The van der Waals surface area contributed by atoms with Crippen molar-refractivity contribution in [2.75, 3.05) is 32.0 Å². The van der Waals surface area contributed by atoms with E-state index in [1.165, 1.54) is 11.8 Å². The fraction of sp³-hybridized carbons (Fsp3) is 0.450. The SMILES string of the molecule is CCOC(=O)CNC(=O)CSc1cn(CC(=O)N(CC)CC)c2ccccc12. The van der Waals surface area contributed by atoms with Gasteiger partial charge in [0.2, 0.25) is 11.8 Å². The van der Waals surface area contributed by atoms with Crippen LogP contribution in [0.2, 0.25) is 0 Å². The maximum atomic E-state index is 12.5. The Morgan fingerprint density at radius 2 is 1.86 bits per heavy atom. The molecular formula is C20H27N3O4S. The van der Waals surface area contributed by atoms with Crippen LogP contribution >= 0.6 is 11.8 Å². The number of thioether (sulfide) groups is 1. The van der Waals surface area contributed by atoms with Gasteiger partial charge in [-0.1, -0.05) is 18.2 Å². The number of hydrogen-bond acceptors (Lipinski definition) is 5. The third kappa shape index (κ3) is 5.76. The summed E-state index contributed by atoms with van der Waals surface area (Å²) in [6.07, 6.45) is 1.91. The van der Waals surface area contributed by atoms with Crippen LogP contribution in [0.4, 0.5) is 0 Å². The molecule has 0 aliphatic carbocycles. The zero-order valence-corrected chi connectivity index (χ0v) is 17.4. The largest absolute Gasteiger partial charge is 0.465 e. The van der Waals surface area contributed by atoms with Gasteiger partial charge >= 0.3 is 5.97 Å². The molecule has 0 unspecified atom stereocenters. The van der Waals surface area contributed by atoms with Crippen molar-refractivity contribution >= 4 is 40.4 Å². The molecule has 0 atom stereocenters. The lowest BCUT2D eigenvalue weighted by Gasteiger charge is -2.19. The zero-order valence-electron chi connectivity index (χ0n) is 16.6. The van der Waals surface area contributed by atoms with Crippen LogP contribution in [0.25, 0.3) is 10.9 Å². The van der Waals surface area contributed by atoms with Crippen molar-refractivity contribution in [3.63, 3.8) is 0 Å². The molecule has 2 aromatic rings. The van der Waals surface area contributed by atoms with Gasteiger partial charge in [0.25, 0.3) is 0 Å². The van der Waals surface area contributed by atoms with Crippen molar-refractivity contribution in [2.45, 2.75) is 32.2 Å². The number of fused-ring (bicyclic) bond motifs is 1. The summed E-state index contributed by atoms with van der Waals surface area (Å²) in [5.74, 6) is -0.451. The quantitative estimate of drug-likeness (QED) is 0.485. The summed E-state index contributed by atoms with van der Waals surface area (Å²) in [5, 5.41) is 3.55. The number of benzene rings is 1. The zero-order chi connectivity index (χ0) is 20.5. The lowest BCUT2D eigenvalue weighted by molar-refractivity contribution is -0.143. The smallest absolute Gasteiger partial charge is 0.325 e. The second-order valence-electron chi connectivity index (χ2n) is 6.07. The molecule has 8 heteroatoms. The monoisotopic (exact) mass is 405 g/mol. The summed E-state index contributed by atoms with van der Waals surface area (Å²) in [6.45, 7) is 7.42. The third-order valence-electron chi connectivity index (χ3n) is 4.27. The molecule has 0 aliphatic rings. The minimum atomic E-state index is -0.452. The van der Waals surface area contributed by atoms with E-state index in [4.69, 9.17) is 4.74 Å². The number of likely N-dealkylation sites (N-methyl/N-ethyl adjacent to an activating group) is 1. The Bertz CT molecular complexity index is 830. The summed E-state index contributed by atoms with van der Waals surface area (Å²) in [7, 11) is 0. The maximum absolute atomic E-state index is 12.5. The van der Waals surface area contributed by atoms with Gasteiger partial charge in [0, 0.05) is 35.1 Å². The Hall–Kier alpha value is -2.48. The molecule has 1 N–H and O–H groups in total. The summed E-state index contributed by atoms with van der Waals surface area (Å²) >= 11 is 1.38. The van der Waals surface area contributed by atoms with Crippen LogP contribution < -0.4 is 5.32 Å². The van der Waals surface area contributed by atoms with Crippen molar-refractivity contribution in [3.8, 4) is 0 Å². The number of esters is 1. The Morgan fingerprint density at radius 1 is 1.14 bits per heavy atom. The molecule has 28 heavy (non-hydrogen) atoms. The Morgan fingerprint density at radius 3 is 2.54 bits per heavy atom. The molecule has 2 amide bonds. The van der Waals surface area contributed by atoms with Crippen molar-refractivity contribution < 1.29 is 19.1 Å². The first-order valence-corrected chi connectivity index (χ1v) is 10.4. The fourth-order valence-electron chi connectivity index (χ4n) is 2.86. The average molecular weight is 406 g/mol. The van der Waals surface area contributed by atoms with Gasteiger partial charge in [0.1, 0.15) is 13.1 Å². The van der Waals surface area contributed by atoms with E-state index in [1.807, 2.05) is 48.9 Å². The predicted octanol–water partition coefficient (Wildman–Crippen LogP) is 2.28. The fourth-order valence-corrected chi connectivity index (χ4v) is 3.78. The molecule has 1 aromatic heterocycles. The number of para-hydroxylation sites is 1. The maximum Gasteiger partial charge on any atom is 0.325 e. The summed E-state index contributed by atoms with van der Waals surface area (Å²) in [4.78, 5) is 38.5. The highest BCUT2D eigenvalue weighted by molar-refractivity contribution is 8.00. The topological polar surface area (TPSA) is 80.6 Å². The highest BCUT2D eigenvalue weighted by Crippen LogP contribution is 2.30. The van der Waals surface area contributed by atoms with E-state index in [-0.39, 0.29) is 37.3 Å². The average Bonchev–Trinajstić information content (AvgIpc) is 3.03. The number of nitrogens with zero attached hydrogens (tertiary/aromatic N) is 2. The number of carbonyl (C=O) groups excluding carboxylic acids is 3. The highest BCUT2D eigenvalue weighted by atomic mass is 32.2. The molecule has 0 saturated heterocycles.